The Labute approximate surface area is 161 Å². The maximum atomic E-state index is 9.10. The number of nitrogens with one attached hydrogen (secondary N) is 1. The van der Waals surface area contributed by atoms with E-state index in [4.69, 9.17) is 29.3 Å². The van der Waals surface area contributed by atoms with Crippen molar-refractivity contribution in [3.63, 3.8) is 0 Å². The number of carboxylic acids is 2. The molecule has 0 heterocycles. The lowest BCUT2D eigenvalue weighted by atomic mass is 10.1. The van der Waals surface area contributed by atoms with Crippen LogP contribution in [0, 0.1) is 6.92 Å². The molecule has 0 aliphatic heterocycles. The molecule has 1 aromatic carbocycles. The minimum Gasteiger partial charge on any atom is -0.493 e. The van der Waals surface area contributed by atoms with Crippen molar-refractivity contribution in [1.29, 1.82) is 0 Å². The number of benzene rings is 1. The number of carboxylic acid groups (broad SMARTS) is 2. The van der Waals surface area contributed by atoms with Gasteiger partial charge >= 0.3 is 11.9 Å². The first-order chi connectivity index (χ1) is 12.9. The van der Waals surface area contributed by atoms with Crippen LogP contribution in [-0.4, -0.2) is 55.6 Å². The number of allylic oxidation sites excluding steroid dienone is 1. The van der Waals surface area contributed by atoms with Crippen LogP contribution in [0.5, 0.6) is 5.75 Å². The molecule has 0 radical (unpaired) electrons. The fourth-order valence-electron chi connectivity index (χ4n) is 2.16. The van der Waals surface area contributed by atoms with Crippen LogP contribution in [-0.2, 0) is 20.7 Å². The first-order valence-corrected chi connectivity index (χ1v) is 8.91. The zero-order chi connectivity index (χ0) is 20.5. The van der Waals surface area contributed by atoms with Gasteiger partial charge in [-0.05, 0) is 57.3 Å². The number of rotatable bonds is 12. The Kier molecular flexibility index (Phi) is 14.4. The van der Waals surface area contributed by atoms with E-state index in [1.807, 2.05) is 6.08 Å². The molecular weight excluding hydrogens is 350 g/mol. The van der Waals surface area contributed by atoms with Gasteiger partial charge in [0.2, 0.25) is 0 Å². The Balaban J connectivity index is 0.000000972. The molecule has 0 fully saturated rings. The first-order valence-electron chi connectivity index (χ1n) is 8.91. The Hall–Kier alpha value is -2.38. The highest BCUT2D eigenvalue weighted by Gasteiger charge is 2.04. The third-order valence-corrected chi connectivity index (χ3v) is 3.47. The standard InChI is InChI=1S/C18H29NO2.C2H2O4/c1-4-8-17-15-16(2)9-10-18(17)21-14-6-5-11-19-12-7-13-20-3;3-1(4)2(5)6/h4,9-10,15,19H,1,5-8,11-14H2,2-3H3;(H,3,4)(H,5,6). The Morgan fingerprint density at radius 3 is 2.37 bits per heavy atom. The Bertz CT molecular complexity index is 562. The van der Waals surface area contributed by atoms with Gasteiger partial charge in [0, 0.05) is 13.7 Å². The lowest BCUT2D eigenvalue weighted by Gasteiger charge is -2.11. The monoisotopic (exact) mass is 381 g/mol. The van der Waals surface area contributed by atoms with Crippen LogP contribution in [0.25, 0.3) is 0 Å². The number of unbranched alkanes of at least 4 members (excludes halogenated alkanes) is 1. The van der Waals surface area contributed by atoms with Gasteiger partial charge in [-0.15, -0.1) is 6.58 Å². The van der Waals surface area contributed by atoms with E-state index in [0.29, 0.717) is 0 Å². The van der Waals surface area contributed by atoms with Gasteiger partial charge in [0.25, 0.3) is 0 Å². The maximum Gasteiger partial charge on any atom is 0.414 e. The number of aryl methyl sites for hydroxylation is 1. The number of aliphatic carboxylic acids is 2. The van der Waals surface area contributed by atoms with Gasteiger partial charge < -0.3 is 25.0 Å². The molecule has 0 bridgehead atoms. The third kappa shape index (κ3) is 13.5. The van der Waals surface area contributed by atoms with Crippen molar-refractivity contribution in [2.24, 2.45) is 0 Å². The minimum atomic E-state index is -1.82. The topological polar surface area (TPSA) is 105 Å². The summed E-state index contributed by atoms with van der Waals surface area (Å²) in [6, 6.07) is 6.34. The summed E-state index contributed by atoms with van der Waals surface area (Å²) in [6.45, 7) is 9.57. The molecule has 0 aromatic heterocycles. The van der Waals surface area contributed by atoms with Gasteiger partial charge in [-0.3, -0.25) is 0 Å². The highest BCUT2D eigenvalue weighted by atomic mass is 16.5. The van der Waals surface area contributed by atoms with Crippen molar-refractivity contribution in [2.45, 2.75) is 32.6 Å². The molecule has 0 amide bonds. The quantitative estimate of drug-likeness (QED) is 0.290. The van der Waals surface area contributed by atoms with E-state index in [9.17, 15) is 0 Å². The second-order valence-electron chi connectivity index (χ2n) is 5.87. The van der Waals surface area contributed by atoms with E-state index in [1.54, 1.807) is 7.11 Å². The third-order valence-electron chi connectivity index (χ3n) is 3.47. The molecule has 0 unspecified atom stereocenters. The second-order valence-corrected chi connectivity index (χ2v) is 5.87. The summed E-state index contributed by atoms with van der Waals surface area (Å²) in [5.74, 6) is -2.65. The van der Waals surface area contributed by atoms with Crippen molar-refractivity contribution in [2.75, 3.05) is 33.4 Å². The first kappa shape index (κ1) is 24.6. The zero-order valence-electron chi connectivity index (χ0n) is 16.2. The largest absolute Gasteiger partial charge is 0.493 e. The molecule has 0 saturated carbocycles. The summed E-state index contributed by atoms with van der Waals surface area (Å²) in [6.07, 6.45) is 6.05. The highest BCUT2D eigenvalue weighted by molar-refractivity contribution is 6.27. The fourth-order valence-corrected chi connectivity index (χ4v) is 2.16. The zero-order valence-corrected chi connectivity index (χ0v) is 16.2. The lowest BCUT2D eigenvalue weighted by molar-refractivity contribution is -0.159. The molecule has 0 spiro atoms. The van der Waals surface area contributed by atoms with E-state index < -0.39 is 11.9 Å². The molecule has 0 atom stereocenters. The Morgan fingerprint density at radius 1 is 1.11 bits per heavy atom. The van der Waals surface area contributed by atoms with Crippen molar-refractivity contribution in [3.8, 4) is 5.75 Å². The molecule has 7 heteroatoms. The predicted molar refractivity (Wildman–Crippen MR) is 104 cm³/mol. The molecule has 3 N–H and O–H groups in total. The number of carbonyl (C=O) groups is 2. The molecule has 1 rings (SSSR count). The average Bonchev–Trinajstić information content (AvgIpc) is 2.62. The van der Waals surface area contributed by atoms with Gasteiger partial charge in [0.15, 0.2) is 0 Å². The number of methoxy groups -OCH3 is 1. The van der Waals surface area contributed by atoms with Crippen LogP contribution in [0.3, 0.4) is 0 Å². The second kappa shape index (κ2) is 15.8. The van der Waals surface area contributed by atoms with E-state index in [0.717, 1.165) is 57.7 Å². The molecule has 0 aliphatic carbocycles. The van der Waals surface area contributed by atoms with Crippen molar-refractivity contribution in [1.82, 2.24) is 5.32 Å². The van der Waals surface area contributed by atoms with Crippen LogP contribution in [0.1, 0.15) is 30.4 Å². The smallest absolute Gasteiger partial charge is 0.414 e. The lowest BCUT2D eigenvalue weighted by Crippen LogP contribution is -2.18. The number of hydrogen-bond donors (Lipinski definition) is 3. The molecular formula is C20H31NO6. The predicted octanol–water partition coefficient (Wildman–Crippen LogP) is 2.66. The van der Waals surface area contributed by atoms with E-state index >= 15 is 0 Å². The maximum absolute atomic E-state index is 9.10. The van der Waals surface area contributed by atoms with Crippen LogP contribution in [0.4, 0.5) is 0 Å². The van der Waals surface area contributed by atoms with Crippen molar-refractivity contribution < 1.29 is 29.3 Å². The van der Waals surface area contributed by atoms with Crippen molar-refractivity contribution >= 4 is 11.9 Å². The van der Waals surface area contributed by atoms with E-state index in [1.165, 1.54) is 11.1 Å². The van der Waals surface area contributed by atoms with E-state index in [2.05, 4.69) is 37.0 Å². The molecule has 1 aromatic rings. The molecule has 7 nitrogen and oxygen atoms in total. The van der Waals surface area contributed by atoms with Gasteiger partial charge in [-0.2, -0.15) is 0 Å². The van der Waals surface area contributed by atoms with Crippen molar-refractivity contribution in [3.05, 3.63) is 42.0 Å². The van der Waals surface area contributed by atoms with Crippen LogP contribution >= 0.6 is 0 Å². The van der Waals surface area contributed by atoms with E-state index in [-0.39, 0.29) is 0 Å². The molecule has 27 heavy (non-hydrogen) atoms. The highest BCUT2D eigenvalue weighted by Crippen LogP contribution is 2.21. The molecule has 0 aliphatic rings. The van der Waals surface area contributed by atoms with Gasteiger partial charge in [-0.1, -0.05) is 23.8 Å². The number of ether oxygens (including phenoxy) is 2. The summed E-state index contributed by atoms with van der Waals surface area (Å²) < 4.78 is 10.9. The average molecular weight is 381 g/mol. The van der Waals surface area contributed by atoms with Crippen LogP contribution < -0.4 is 10.1 Å². The normalized spacial score (nSPS) is 9.85. The SMILES string of the molecule is C=CCc1cc(C)ccc1OCCCCNCCCOC.O=C(O)C(=O)O. The van der Waals surface area contributed by atoms with Crippen LogP contribution in [0.2, 0.25) is 0 Å². The summed E-state index contributed by atoms with van der Waals surface area (Å²) in [5, 5.41) is 18.2. The summed E-state index contributed by atoms with van der Waals surface area (Å²) in [7, 11) is 1.74. The number of hydrogen-bond acceptors (Lipinski definition) is 5. The summed E-state index contributed by atoms with van der Waals surface area (Å²) >= 11 is 0. The van der Waals surface area contributed by atoms with Gasteiger partial charge in [0.1, 0.15) is 5.75 Å². The van der Waals surface area contributed by atoms with Gasteiger partial charge in [-0.25, -0.2) is 9.59 Å². The fraction of sp³-hybridized carbons (Fsp3) is 0.500. The van der Waals surface area contributed by atoms with Gasteiger partial charge in [0.05, 0.1) is 6.61 Å². The van der Waals surface area contributed by atoms with Crippen LogP contribution in [0.15, 0.2) is 30.9 Å². The Morgan fingerprint density at radius 2 is 1.78 bits per heavy atom. The molecule has 0 saturated heterocycles. The summed E-state index contributed by atoms with van der Waals surface area (Å²) in [5.41, 5.74) is 2.49. The molecule has 152 valence electrons. The summed E-state index contributed by atoms with van der Waals surface area (Å²) in [4.78, 5) is 18.2. The minimum absolute atomic E-state index is 0.771.